The van der Waals surface area contributed by atoms with Crippen molar-refractivity contribution in [2.24, 2.45) is 5.41 Å². The van der Waals surface area contributed by atoms with Gasteiger partial charge in [-0.15, -0.1) is 0 Å². The van der Waals surface area contributed by atoms with E-state index < -0.39 is 48.3 Å². The molecule has 0 bridgehead atoms. The minimum Gasteiger partial charge on any atom is -0.481 e. The Balaban J connectivity index is 1.75. The summed E-state index contributed by atoms with van der Waals surface area (Å²) in [5, 5.41) is 12.8. The quantitative estimate of drug-likeness (QED) is 0.371. The Kier molecular flexibility index (Phi) is 7.07. The van der Waals surface area contributed by atoms with Gasteiger partial charge in [-0.05, 0) is 26.8 Å². The van der Waals surface area contributed by atoms with Crippen LogP contribution in [-0.4, -0.2) is 52.1 Å². The Labute approximate surface area is 208 Å². The first-order chi connectivity index (χ1) is 17.4. The number of hydrogen-bond acceptors (Lipinski definition) is 7. The Morgan fingerprint density at radius 3 is 2.49 bits per heavy atom. The van der Waals surface area contributed by atoms with Crippen LogP contribution in [-0.2, 0) is 4.79 Å². The summed E-state index contributed by atoms with van der Waals surface area (Å²) in [4.78, 5) is 26.1. The number of alkyl halides is 4. The molecule has 2 aromatic heterocycles. The number of nitrogens with zero attached hydrogens (tertiary/aromatic N) is 4. The molecular formula is C24H24F5N5O3. The van der Waals surface area contributed by atoms with Crippen molar-refractivity contribution < 1.29 is 36.6 Å². The number of aromatic nitrogens is 3. The third kappa shape index (κ3) is 5.20. The van der Waals surface area contributed by atoms with Gasteiger partial charge >= 0.3 is 5.97 Å². The van der Waals surface area contributed by atoms with E-state index in [4.69, 9.17) is 4.74 Å². The zero-order chi connectivity index (χ0) is 27.1. The van der Waals surface area contributed by atoms with Crippen LogP contribution in [0.2, 0.25) is 0 Å². The maximum Gasteiger partial charge on any atom is 0.312 e. The minimum atomic E-state index is -2.99. The van der Waals surface area contributed by atoms with Crippen molar-refractivity contribution in [3.05, 3.63) is 47.0 Å². The number of hydrogen-bond donors (Lipinski definition) is 2. The molecule has 0 radical (unpaired) electrons. The summed E-state index contributed by atoms with van der Waals surface area (Å²) in [6.07, 6.45) is -5.75. The third-order valence-electron chi connectivity index (χ3n) is 6.14. The van der Waals surface area contributed by atoms with E-state index in [2.05, 4.69) is 20.3 Å². The lowest BCUT2D eigenvalue weighted by atomic mass is 9.82. The molecule has 8 nitrogen and oxygen atoms in total. The summed E-state index contributed by atoms with van der Waals surface area (Å²) in [6, 6.07) is 4.45. The first kappa shape index (κ1) is 26.3. The molecule has 198 valence electrons. The average molecular weight is 525 g/mol. The molecule has 1 aromatic carbocycles. The maximum absolute atomic E-state index is 14.7. The Morgan fingerprint density at radius 1 is 1.19 bits per heavy atom. The van der Waals surface area contributed by atoms with Gasteiger partial charge in [-0.25, -0.2) is 31.9 Å². The highest BCUT2D eigenvalue weighted by Crippen LogP contribution is 2.41. The molecule has 1 fully saturated rings. The number of aryl methyl sites for hydroxylation is 1. The molecule has 0 amide bonds. The van der Waals surface area contributed by atoms with Crippen LogP contribution >= 0.6 is 0 Å². The van der Waals surface area contributed by atoms with Crippen LogP contribution in [0.25, 0.3) is 11.0 Å². The molecular weight excluding hydrogens is 501 g/mol. The van der Waals surface area contributed by atoms with Crippen molar-refractivity contribution >= 4 is 28.5 Å². The van der Waals surface area contributed by atoms with Crippen LogP contribution in [0.4, 0.5) is 33.5 Å². The van der Waals surface area contributed by atoms with E-state index in [0.717, 1.165) is 6.07 Å². The fraction of sp³-hybridized carbons (Fsp3) is 0.417. The highest BCUT2D eigenvalue weighted by Gasteiger charge is 2.46. The second kappa shape index (κ2) is 9.94. The summed E-state index contributed by atoms with van der Waals surface area (Å²) in [5.41, 5.74) is -1.41. The van der Waals surface area contributed by atoms with E-state index in [1.165, 1.54) is 18.2 Å². The molecule has 2 N–H and O–H groups in total. The SMILES string of the molecule is Cc1nc(NC(C)c2cccc(C(F)F)c2F)c2cc(N3CC(C)(C(=O)O)C3)c(OCC(F)F)nc2n1. The first-order valence-electron chi connectivity index (χ1n) is 11.3. The van der Waals surface area contributed by atoms with Gasteiger partial charge < -0.3 is 20.1 Å². The largest absolute Gasteiger partial charge is 0.481 e. The molecule has 0 spiro atoms. The number of carboxylic acid groups (broad SMARTS) is 1. The van der Waals surface area contributed by atoms with Crippen molar-refractivity contribution in [1.82, 2.24) is 15.0 Å². The molecule has 1 atom stereocenters. The van der Waals surface area contributed by atoms with Crippen LogP contribution in [0.15, 0.2) is 24.3 Å². The monoisotopic (exact) mass is 525 g/mol. The van der Waals surface area contributed by atoms with Gasteiger partial charge in [0, 0.05) is 18.7 Å². The van der Waals surface area contributed by atoms with Crippen molar-refractivity contribution in [2.75, 3.05) is 29.9 Å². The molecule has 1 aliphatic rings. The molecule has 1 aliphatic heterocycles. The predicted molar refractivity (Wildman–Crippen MR) is 125 cm³/mol. The number of rotatable bonds is 9. The Morgan fingerprint density at radius 2 is 1.86 bits per heavy atom. The normalized spacial score (nSPS) is 15.7. The number of halogens is 5. The Bertz CT molecular complexity index is 1330. The van der Waals surface area contributed by atoms with Crippen LogP contribution < -0.4 is 15.0 Å². The number of anilines is 2. The van der Waals surface area contributed by atoms with Crippen LogP contribution in [0.5, 0.6) is 5.88 Å². The molecule has 13 heteroatoms. The zero-order valence-electron chi connectivity index (χ0n) is 20.1. The second-order valence-corrected chi connectivity index (χ2v) is 9.14. The minimum absolute atomic E-state index is 0.00717. The highest BCUT2D eigenvalue weighted by molar-refractivity contribution is 5.91. The van der Waals surface area contributed by atoms with Gasteiger partial charge in [0.2, 0.25) is 5.88 Å². The van der Waals surface area contributed by atoms with Crippen molar-refractivity contribution in [1.29, 1.82) is 0 Å². The van der Waals surface area contributed by atoms with Crippen molar-refractivity contribution in [2.45, 2.75) is 39.7 Å². The van der Waals surface area contributed by atoms with E-state index in [-0.39, 0.29) is 47.5 Å². The fourth-order valence-electron chi connectivity index (χ4n) is 4.18. The fourth-order valence-corrected chi connectivity index (χ4v) is 4.18. The van der Waals surface area contributed by atoms with E-state index in [0.29, 0.717) is 5.39 Å². The number of pyridine rings is 1. The second-order valence-electron chi connectivity index (χ2n) is 9.14. The average Bonchev–Trinajstić information content (AvgIpc) is 2.79. The molecule has 1 unspecified atom stereocenters. The summed E-state index contributed by atoms with van der Waals surface area (Å²) in [6.45, 7) is 3.93. The summed E-state index contributed by atoms with van der Waals surface area (Å²) < 4.78 is 72.1. The molecule has 1 saturated heterocycles. The maximum atomic E-state index is 14.7. The third-order valence-corrected chi connectivity index (χ3v) is 6.14. The number of carboxylic acids is 1. The Hall–Kier alpha value is -3.77. The van der Waals surface area contributed by atoms with Crippen LogP contribution in [0, 0.1) is 18.2 Å². The number of benzene rings is 1. The van der Waals surface area contributed by atoms with Crippen LogP contribution in [0.3, 0.4) is 0 Å². The molecule has 0 saturated carbocycles. The van der Waals surface area contributed by atoms with Gasteiger partial charge in [-0.3, -0.25) is 4.79 Å². The van der Waals surface area contributed by atoms with E-state index in [1.54, 1.807) is 25.7 Å². The number of fused-ring (bicyclic) bond motifs is 1. The molecule has 3 heterocycles. The topological polar surface area (TPSA) is 100 Å². The number of aliphatic carboxylic acids is 1. The lowest BCUT2D eigenvalue weighted by Gasteiger charge is -2.46. The van der Waals surface area contributed by atoms with Gasteiger partial charge in [0.25, 0.3) is 12.9 Å². The van der Waals surface area contributed by atoms with E-state index in [1.807, 2.05) is 0 Å². The zero-order valence-corrected chi connectivity index (χ0v) is 20.1. The van der Waals surface area contributed by atoms with Gasteiger partial charge in [-0.2, -0.15) is 4.98 Å². The summed E-state index contributed by atoms with van der Waals surface area (Å²) in [7, 11) is 0. The molecule has 37 heavy (non-hydrogen) atoms. The number of nitrogens with one attached hydrogen (secondary N) is 1. The molecule has 0 aliphatic carbocycles. The molecule has 4 rings (SSSR count). The predicted octanol–water partition coefficient (Wildman–Crippen LogP) is 5.14. The van der Waals surface area contributed by atoms with Crippen molar-refractivity contribution in [3.63, 3.8) is 0 Å². The van der Waals surface area contributed by atoms with Gasteiger partial charge in [-0.1, -0.05) is 18.2 Å². The smallest absolute Gasteiger partial charge is 0.312 e. The summed E-state index contributed by atoms with van der Waals surface area (Å²) >= 11 is 0. The number of carbonyl (C=O) groups is 1. The van der Waals surface area contributed by atoms with E-state index >= 15 is 0 Å². The number of ether oxygens (including phenoxy) is 1. The van der Waals surface area contributed by atoms with Gasteiger partial charge in [0.05, 0.1) is 22.4 Å². The molecule has 3 aromatic rings. The van der Waals surface area contributed by atoms with Gasteiger partial charge in [0.15, 0.2) is 12.3 Å². The van der Waals surface area contributed by atoms with E-state index in [9.17, 15) is 31.9 Å². The summed E-state index contributed by atoms with van der Waals surface area (Å²) in [5.74, 6) is -1.73. The standard InChI is InChI=1S/C24H24F5N5O3/c1-11(13-5-4-6-14(18(13)27)19(28)29)30-20-15-7-16(34-9-24(3,10-34)23(35)36)22(37-8-17(25)26)33-21(15)32-12(2)31-20/h4-7,11,17,19H,8-10H2,1-3H3,(H,35,36)(H,30,31,32,33). The van der Waals surface area contributed by atoms with Gasteiger partial charge in [0.1, 0.15) is 23.1 Å². The lowest BCUT2D eigenvalue weighted by Crippen LogP contribution is -2.59. The van der Waals surface area contributed by atoms with Crippen LogP contribution in [0.1, 0.15) is 43.3 Å². The highest BCUT2D eigenvalue weighted by atomic mass is 19.3. The van der Waals surface area contributed by atoms with Crippen molar-refractivity contribution in [3.8, 4) is 5.88 Å². The lowest BCUT2D eigenvalue weighted by molar-refractivity contribution is -0.149. The first-order valence-corrected chi connectivity index (χ1v) is 11.3.